The highest BCUT2D eigenvalue weighted by Crippen LogP contribution is 2.52. The van der Waals surface area contributed by atoms with Crippen LogP contribution in [0.5, 0.6) is 0 Å². The van der Waals surface area contributed by atoms with Crippen molar-refractivity contribution in [2.45, 2.75) is 113 Å². The summed E-state index contributed by atoms with van der Waals surface area (Å²) in [4.78, 5) is 0. The second-order valence-electron chi connectivity index (χ2n) is 9.08. The van der Waals surface area contributed by atoms with E-state index in [0.29, 0.717) is 5.92 Å². The van der Waals surface area contributed by atoms with Gasteiger partial charge in [0, 0.05) is 4.28 Å². The molecule has 0 saturated heterocycles. The summed E-state index contributed by atoms with van der Waals surface area (Å²) in [6.07, 6.45) is 16.3. The molecular weight excluding hydrogens is 302 g/mol. The molecule has 0 aliphatic heterocycles. The van der Waals surface area contributed by atoms with Crippen molar-refractivity contribution in [3.05, 3.63) is 0 Å². The molecule has 0 N–H and O–H groups in total. The SMILES string of the molecule is C.C.C.CC1CCC(C2CCC(C#N)(C3CCC(C)CC3)CC2)CC1.[HH].[HH].[HH]. The number of rotatable bonds is 2. The molecule has 0 aromatic rings. The predicted molar refractivity (Wildman–Crippen MR) is 119 cm³/mol. The maximum absolute atomic E-state index is 9.94. The molecule has 0 radical (unpaired) electrons. The van der Waals surface area contributed by atoms with Gasteiger partial charge in [-0.05, 0) is 81.0 Å². The first-order chi connectivity index (χ1) is 10.6. The first kappa shape index (κ1) is 24.5. The summed E-state index contributed by atoms with van der Waals surface area (Å²) in [5.74, 6) is 4.49. The average Bonchev–Trinajstić information content (AvgIpc) is 2.56. The molecule has 1 nitrogen and oxygen atoms in total. The van der Waals surface area contributed by atoms with Gasteiger partial charge in [0.1, 0.15) is 0 Å². The van der Waals surface area contributed by atoms with Crippen LogP contribution in [-0.2, 0) is 0 Å². The number of nitrogens with zero attached hydrogens (tertiary/aromatic N) is 1. The molecule has 3 rings (SSSR count). The molecule has 3 fully saturated rings. The third kappa shape index (κ3) is 5.48. The van der Waals surface area contributed by atoms with Gasteiger partial charge in [-0.3, -0.25) is 0 Å². The fourth-order valence-corrected chi connectivity index (χ4v) is 5.81. The van der Waals surface area contributed by atoms with Crippen LogP contribution in [0.3, 0.4) is 0 Å². The molecule has 25 heavy (non-hydrogen) atoms. The summed E-state index contributed by atoms with van der Waals surface area (Å²) < 4.78 is 0. The van der Waals surface area contributed by atoms with Crippen molar-refractivity contribution in [2.24, 2.45) is 35.0 Å². The fraction of sp³-hybridized carbons (Fsp3) is 0.958. The third-order valence-corrected chi connectivity index (χ3v) is 7.67. The maximum Gasteiger partial charge on any atom is 0.0692 e. The average molecular weight is 356 g/mol. The zero-order valence-corrected chi connectivity index (χ0v) is 14.8. The van der Waals surface area contributed by atoms with Gasteiger partial charge in [0.2, 0.25) is 0 Å². The van der Waals surface area contributed by atoms with Gasteiger partial charge in [0.15, 0.2) is 0 Å². The highest BCUT2D eigenvalue weighted by molar-refractivity contribution is 5.06. The van der Waals surface area contributed by atoms with Crippen LogP contribution in [0.4, 0.5) is 0 Å². The Balaban J connectivity index is -0.000000480. The largest absolute Gasteiger partial charge is 0.198 e. The Bertz CT molecular complexity index is 397. The number of hydrogen-bond acceptors (Lipinski definition) is 1. The van der Waals surface area contributed by atoms with Gasteiger partial charge in [0.05, 0.1) is 11.5 Å². The lowest BCUT2D eigenvalue weighted by molar-refractivity contribution is 0.0641. The van der Waals surface area contributed by atoms with Gasteiger partial charge in [-0.15, -0.1) is 0 Å². The van der Waals surface area contributed by atoms with Crippen molar-refractivity contribution in [3.63, 3.8) is 0 Å². The molecule has 0 atom stereocenters. The minimum absolute atomic E-state index is 0. The highest BCUT2D eigenvalue weighted by atomic mass is 14.5. The first-order valence-electron chi connectivity index (χ1n) is 10.0. The lowest BCUT2D eigenvalue weighted by atomic mass is 9.58. The van der Waals surface area contributed by atoms with Gasteiger partial charge in [0.25, 0.3) is 0 Å². The van der Waals surface area contributed by atoms with E-state index in [1.54, 1.807) is 0 Å². The molecule has 0 aromatic heterocycles. The van der Waals surface area contributed by atoms with E-state index in [9.17, 15) is 5.26 Å². The van der Waals surface area contributed by atoms with Crippen LogP contribution in [0.15, 0.2) is 0 Å². The monoisotopic (exact) mass is 355 g/mol. The minimum Gasteiger partial charge on any atom is -0.198 e. The molecule has 0 spiro atoms. The van der Waals surface area contributed by atoms with E-state index in [1.165, 1.54) is 77.0 Å². The van der Waals surface area contributed by atoms with Gasteiger partial charge in [-0.1, -0.05) is 61.8 Å². The van der Waals surface area contributed by atoms with Crippen LogP contribution < -0.4 is 0 Å². The molecule has 0 bridgehead atoms. The van der Waals surface area contributed by atoms with Gasteiger partial charge < -0.3 is 0 Å². The Morgan fingerprint density at radius 3 is 1.52 bits per heavy atom. The van der Waals surface area contributed by atoms with Crippen molar-refractivity contribution < 1.29 is 4.28 Å². The Labute approximate surface area is 164 Å². The normalized spacial score (nSPS) is 41.2. The zero-order valence-electron chi connectivity index (χ0n) is 14.8. The molecule has 1 heteroatoms. The highest BCUT2D eigenvalue weighted by Gasteiger charge is 2.44. The maximum atomic E-state index is 9.94. The molecule has 0 unspecified atom stereocenters. The minimum atomic E-state index is 0. The van der Waals surface area contributed by atoms with Gasteiger partial charge >= 0.3 is 0 Å². The molecule has 3 aliphatic carbocycles. The van der Waals surface area contributed by atoms with Crippen molar-refractivity contribution in [3.8, 4) is 6.07 Å². The summed E-state index contributed by atoms with van der Waals surface area (Å²) >= 11 is 0. The van der Waals surface area contributed by atoms with Crippen LogP contribution in [0.25, 0.3) is 0 Å². The Morgan fingerprint density at radius 2 is 1.08 bits per heavy atom. The van der Waals surface area contributed by atoms with Crippen molar-refractivity contribution in [1.82, 2.24) is 0 Å². The molecule has 3 saturated carbocycles. The van der Waals surface area contributed by atoms with Crippen LogP contribution >= 0.6 is 0 Å². The summed E-state index contributed by atoms with van der Waals surface area (Å²) in [7, 11) is 0. The van der Waals surface area contributed by atoms with Crippen LogP contribution in [-0.4, -0.2) is 0 Å². The van der Waals surface area contributed by atoms with Crippen molar-refractivity contribution in [2.75, 3.05) is 0 Å². The second-order valence-corrected chi connectivity index (χ2v) is 9.08. The standard InChI is InChI=1S/C21H35N.3CH4.3H2/c1-16-3-7-18(8-4-16)19-11-13-21(15-22,14-12-19)20-9-5-17(2)6-10-20;;;;;;/h16-20H,3-14H2,1-2H3;3*1H4;3*1H. The fourth-order valence-electron chi connectivity index (χ4n) is 5.81. The number of nitriles is 1. The van der Waals surface area contributed by atoms with E-state index in [4.69, 9.17) is 0 Å². The summed E-state index contributed by atoms with van der Waals surface area (Å²) in [6.45, 7) is 4.80. The third-order valence-electron chi connectivity index (χ3n) is 7.67. The van der Waals surface area contributed by atoms with E-state index in [0.717, 1.165) is 23.7 Å². The molecule has 3 aliphatic rings. The van der Waals surface area contributed by atoms with Crippen LogP contribution in [0, 0.1) is 46.3 Å². The van der Waals surface area contributed by atoms with Gasteiger partial charge in [-0.2, -0.15) is 5.26 Å². The summed E-state index contributed by atoms with van der Waals surface area (Å²) in [5, 5.41) is 9.94. The van der Waals surface area contributed by atoms with Gasteiger partial charge in [-0.25, -0.2) is 0 Å². The second kappa shape index (κ2) is 10.6. The summed E-state index contributed by atoms with van der Waals surface area (Å²) in [5.41, 5.74) is 0.0542. The lowest BCUT2D eigenvalue weighted by Crippen LogP contribution is -2.37. The smallest absolute Gasteiger partial charge is 0.0692 e. The summed E-state index contributed by atoms with van der Waals surface area (Å²) in [6, 6.07) is 2.83. The van der Waals surface area contributed by atoms with Crippen molar-refractivity contribution in [1.29, 1.82) is 5.26 Å². The Kier molecular flexibility index (Phi) is 10.4. The van der Waals surface area contributed by atoms with Crippen LogP contribution in [0.1, 0.15) is 117 Å². The zero-order chi connectivity index (χ0) is 15.6. The molecular formula is C24H53N. The topological polar surface area (TPSA) is 23.8 Å². The van der Waals surface area contributed by atoms with E-state index in [-0.39, 0.29) is 32.0 Å². The quantitative estimate of drug-likeness (QED) is 0.484. The van der Waals surface area contributed by atoms with E-state index >= 15 is 0 Å². The Morgan fingerprint density at radius 1 is 0.680 bits per heavy atom. The van der Waals surface area contributed by atoms with E-state index in [1.807, 2.05) is 0 Å². The van der Waals surface area contributed by atoms with Crippen LogP contribution in [0.2, 0.25) is 0 Å². The first-order valence-corrected chi connectivity index (χ1v) is 10.0. The predicted octanol–water partition coefficient (Wildman–Crippen LogP) is 8.99. The molecule has 0 heterocycles. The molecule has 0 amide bonds. The van der Waals surface area contributed by atoms with E-state index in [2.05, 4.69) is 19.9 Å². The number of hydrogen-bond donors (Lipinski definition) is 0. The molecule has 154 valence electrons. The molecule has 0 aromatic carbocycles. The van der Waals surface area contributed by atoms with Crippen molar-refractivity contribution >= 4 is 0 Å². The lowest BCUT2D eigenvalue weighted by Gasteiger charge is -2.45. The Hall–Kier alpha value is -0.510. The van der Waals surface area contributed by atoms with E-state index < -0.39 is 0 Å².